The molecule has 0 amide bonds. The van der Waals surface area contributed by atoms with Gasteiger partial charge in [-0.2, -0.15) is 13.2 Å². The van der Waals surface area contributed by atoms with Gasteiger partial charge in [-0.25, -0.2) is 5.43 Å². The van der Waals surface area contributed by atoms with Crippen LogP contribution < -0.4 is 11.3 Å². The first-order valence-corrected chi connectivity index (χ1v) is 6.09. The third-order valence-electron chi connectivity index (χ3n) is 2.59. The summed E-state index contributed by atoms with van der Waals surface area (Å²) < 4.78 is 43.8. The van der Waals surface area contributed by atoms with Crippen molar-refractivity contribution in [3.63, 3.8) is 0 Å². The Morgan fingerprint density at radius 1 is 1.21 bits per heavy atom. The molecule has 0 aliphatic rings. The molecule has 19 heavy (non-hydrogen) atoms. The Bertz CT molecular complexity index is 568. The topological polar surface area (TPSA) is 51.2 Å². The zero-order chi connectivity index (χ0) is 14.0. The molecule has 0 aliphatic carbocycles. The summed E-state index contributed by atoms with van der Waals surface area (Å²) >= 11 is 3.13. The van der Waals surface area contributed by atoms with E-state index in [9.17, 15) is 13.2 Å². The van der Waals surface area contributed by atoms with Crippen molar-refractivity contribution in [2.45, 2.75) is 12.2 Å². The molecule has 0 aliphatic heterocycles. The Morgan fingerprint density at radius 2 is 1.95 bits per heavy atom. The molecule has 3 N–H and O–H groups in total. The van der Waals surface area contributed by atoms with Gasteiger partial charge in [-0.05, 0) is 45.8 Å². The number of hydrogen-bond acceptors (Lipinski definition) is 3. The van der Waals surface area contributed by atoms with Crippen LogP contribution in [0.4, 0.5) is 13.2 Å². The number of halogens is 4. The fourth-order valence-electron chi connectivity index (χ4n) is 1.72. The van der Waals surface area contributed by atoms with E-state index < -0.39 is 17.8 Å². The number of nitrogens with two attached hydrogens (primary N) is 1. The molecule has 1 aromatic heterocycles. The number of furan rings is 1. The highest BCUT2D eigenvalue weighted by atomic mass is 79.9. The normalized spacial score (nSPS) is 13.5. The fourth-order valence-corrected chi connectivity index (χ4v) is 2.04. The minimum atomic E-state index is -4.39. The average Bonchev–Trinajstić information content (AvgIpc) is 2.76. The molecule has 0 fully saturated rings. The summed E-state index contributed by atoms with van der Waals surface area (Å²) in [4.78, 5) is 0. The first-order chi connectivity index (χ1) is 8.91. The first-order valence-electron chi connectivity index (χ1n) is 5.30. The molecular weight excluding hydrogens is 325 g/mol. The number of benzene rings is 1. The molecule has 0 bridgehead atoms. The van der Waals surface area contributed by atoms with E-state index in [1.807, 2.05) is 0 Å². The van der Waals surface area contributed by atoms with Gasteiger partial charge in [0.15, 0.2) is 4.67 Å². The van der Waals surface area contributed by atoms with E-state index in [4.69, 9.17) is 10.3 Å². The Balaban J connectivity index is 2.39. The maximum atomic E-state index is 12.7. The number of nitrogens with one attached hydrogen (secondary N) is 1. The van der Waals surface area contributed by atoms with Gasteiger partial charge in [-0.1, -0.05) is 12.1 Å². The summed E-state index contributed by atoms with van der Waals surface area (Å²) in [7, 11) is 0. The summed E-state index contributed by atoms with van der Waals surface area (Å²) in [5.74, 6) is 5.82. The van der Waals surface area contributed by atoms with Gasteiger partial charge in [0.1, 0.15) is 11.8 Å². The summed E-state index contributed by atoms with van der Waals surface area (Å²) in [6, 6.07) is 7.57. The van der Waals surface area contributed by atoms with Crippen molar-refractivity contribution in [3.05, 3.63) is 58.0 Å². The van der Waals surface area contributed by atoms with Crippen LogP contribution in [-0.2, 0) is 6.18 Å². The van der Waals surface area contributed by atoms with Gasteiger partial charge in [0.2, 0.25) is 0 Å². The lowest BCUT2D eigenvalue weighted by atomic mass is 10.0. The van der Waals surface area contributed by atoms with E-state index in [1.165, 1.54) is 6.07 Å². The molecule has 0 radical (unpaired) electrons. The Kier molecular flexibility index (Phi) is 3.98. The Hall–Kier alpha value is -1.31. The second-order valence-electron chi connectivity index (χ2n) is 3.86. The molecule has 1 atom stereocenters. The van der Waals surface area contributed by atoms with Gasteiger partial charge < -0.3 is 4.42 Å². The van der Waals surface area contributed by atoms with Gasteiger partial charge in [0.25, 0.3) is 0 Å². The van der Waals surface area contributed by atoms with E-state index in [1.54, 1.807) is 18.2 Å². The summed E-state index contributed by atoms with van der Waals surface area (Å²) in [5, 5.41) is 0. The summed E-state index contributed by atoms with van der Waals surface area (Å²) in [6.45, 7) is 0. The second kappa shape index (κ2) is 5.36. The van der Waals surface area contributed by atoms with Crippen molar-refractivity contribution in [3.8, 4) is 0 Å². The zero-order valence-electron chi connectivity index (χ0n) is 9.54. The third-order valence-corrected chi connectivity index (χ3v) is 3.02. The van der Waals surface area contributed by atoms with Crippen molar-refractivity contribution in [2.75, 3.05) is 0 Å². The molecule has 3 nitrogen and oxygen atoms in total. The van der Waals surface area contributed by atoms with Crippen molar-refractivity contribution in [1.29, 1.82) is 0 Å². The van der Waals surface area contributed by atoms with E-state index in [0.29, 0.717) is 16.0 Å². The van der Waals surface area contributed by atoms with E-state index in [0.717, 1.165) is 12.1 Å². The standard InChI is InChI=1S/C12H10BrF3N2O/c13-10-5-4-9(19-10)11(18-17)7-2-1-3-8(6-7)12(14,15)16/h1-6,11,18H,17H2. The SMILES string of the molecule is NNC(c1cccc(C(F)(F)F)c1)c1ccc(Br)o1. The molecule has 2 aromatic rings. The van der Waals surface area contributed by atoms with Gasteiger partial charge in [-0.3, -0.25) is 5.84 Å². The van der Waals surface area contributed by atoms with Gasteiger partial charge in [-0.15, -0.1) is 0 Å². The minimum absolute atomic E-state index is 0.374. The molecule has 7 heteroatoms. The predicted octanol–water partition coefficient (Wildman–Crippen LogP) is 3.61. The van der Waals surface area contributed by atoms with Crippen LogP contribution in [0.2, 0.25) is 0 Å². The molecule has 102 valence electrons. The van der Waals surface area contributed by atoms with E-state index in [2.05, 4.69) is 21.4 Å². The summed E-state index contributed by atoms with van der Waals surface area (Å²) in [5.41, 5.74) is 2.09. The van der Waals surface area contributed by atoms with Crippen LogP contribution >= 0.6 is 15.9 Å². The van der Waals surface area contributed by atoms with Crippen molar-refractivity contribution in [2.24, 2.45) is 5.84 Å². The largest absolute Gasteiger partial charge is 0.452 e. The predicted molar refractivity (Wildman–Crippen MR) is 67.0 cm³/mol. The summed E-state index contributed by atoms with van der Waals surface area (Å²) in [6.07, 6.45) is -4.39. The number of hydrazine groups is 1. The molecule has 1 unspecified atom stereocenters. The molecule has 0 saturated heterocycles. The van der Waals surface area contributed by atoms with Crippen molar-refractivity contribution in [1.82, 2.24) is 5.43 Å². The molecule has 2 rings (SSSR count). The highest BCUT2D eigenvalue weighted by Crippen LogP contribution is 2.32. The highest BCUT2D eigenvalue weighted by molar-refractivity contribution is 9.10. The van der Waals surface area contributed by atoms with Crippen LogP contribution in [0.3, 0.4) is 0 Å². The van der Waals surface area contributed by atoms with Crippen LogP contribution in [0.1, 0.15) is 22.9 Å². The van der Waals surface area contributed by atoms with E-state index >= 15 is 0 Å². The maximum absolute atomic E-state index is 12.7. The Morgan fingerprint density at radius 3 is 2.47 bits per heavy atom. The van der Waals surface area contributed by atoms with Crippen molar-refractivity contribution < 1.29 is 17.6 Å². The molecule has 1 heterocycles. The number of alkyl halides is 3. The molecule has 0 saturated carbocycles. The van der Waals surface area contributed by atoms with Crippen LogP contribution in [0.25, 0.3) is 0 Å². The van der Waals surface area contributed by atoms with Crippen LogP contribution in [0, 0.1) is 0 Å². The molecule has 1 aromatic carbocycles. The zero-order valence-corrected chi connectivity index (χ0v) is 11.1. The first kappa shape index (κ1) is 14.1. The van der Waals surface area contributed by atoms with Crippen LogP contribution in [0.5, 0.6) is 0 Å². The Labute approximate surface area is 115 Å². The monoisotopic (exact) mass is 334 g/mol. The van der Waals surface area contributed by atoms with E-state index in [-0.39, 0.29) is 0 Å². The minimum Gasteiger partial charge on any atom is -0.452 e. The third kappa shape index (κ3) is 3.17. The van der Waals surface area contributed by atoms with Gasteiger partial charge >= 0.3 is 6.18 Å². The molecular formula is C12H10BrF3N2O. The lowest BCUT2D eigenvalue weighted by molar-refractivity contribution is -0.137. The highest BCUT2D eigenvalue weighted by Gasteiger charge is 2.31. The fraction of sp³-hybridized carbons (Fsp3) is 0.167. The van der Waals surface area contributed by atoms with Gasteiger partial charge in [0.05, 0.1) is 5.56 Å². The average molecular weight is 335 g/mol. The smallest absolute Gasteiger partial charge is 0.416 e. The lowest BCUT2D eigenvalue weighted by Crippen LogP contribution is -2.28. The lowest BCUT2D eigenvalue weighted by Gasteiger charge is -2.15. The quantitative estimate of drug-likeness (QED) is 0.665. The van der Waals surface area contributed by atoms with Crippen LogP contribution in [-0.4, -0.2) is 0 Å². The van der Waals surface area contributed by atoms with Crippen molar-refractivity contribution >= 4 is 15.9 Å². The maximum Gasteiger partial charge on any atom is 0.416 e. The second-order valence-corrected chi connectivity index (χ2v) is 4.65. The van der Waals surface area contributed by atoms with Gasteiger partial charge in [0, 0.05) is 0 Å². The number of hydrogen-bond donors (Lipinski definition) is 2. The molecule has 0 spiro atoms. The number of rotatable bonds is 3. The van der Waals surface area contributed by atoms with Crippen LogP contribution in [0.15, 0.2) is 45.5 Å².